The first-order valence-corrected chi connectivity index (χ1v) is 19.7. The second-order valence-electron chi connectivity index (χ2n) is 13.3. The molecule has 6 atom stereocenters. The van der Waals surface area contributed by atoms with Crippen molar-refractivity contribution >= 4 is 5.97 Å². The molecule has 9 nitrogen and oxygen atoms in total. The third-order valence-electron chi connectivity index (χ3n) is 8.73. The zero-order valence-corrected chi connectivity index (χ0v) is 31.4. The van der Waals surface area contributed by atoms with E-state index >= 15 is 0 Å². The number of rotatable bonds is 32. The van der Waals surface area contributed by atoms with Crippen molar-refractivity contribution in [3.8, 4) is 0 Å². The summed E-state index contributed by atoms with van der Waals surface area (Å²) in [5.41, 5.74) is 0. The highest BCUT2D eigenvalue weighted by Crippen LogP contribution is 2.22. The molecule has 0 saturated carbocycles. The molecule has 1 saturated heterocycles. The highest BCUT2D eigenvalue weighted by atomic mass is 16.7. The van der Waals surface area contributed by atoms with Gasteiger partial charge in [-0.3, -0.25) is 4.79 Å². The van der Waals surface area contributed by atoms with E-state index in [0.29, 0.717) is 13.0 Å². The van der Waals surface area contributed by atoms with Crippen molar-refractivity contribution in [3.63, 3.8) is 0 Å². The average Bonchev–Trinajstić information content (AvgIpc) is 3.11. The number of esters is 1. The number of hydrogen-bond donors (Lipinski definition) is 4. The van der Waals surface area contributed by atoms with E-state index in [-0.39, 0.29) is 19.2 Å². The topological polar surface area (TPSA) is 135 Å². The van der Waals surface area contributed by atoms with E-state index in [1.54, 1.807) is 0 Å². The summed E-state index contributed by atoms with van der Waals surface area (Å²) in [6, 6.07) is 0. The molecule has 0 spiro atoms. The maximum atomic E-state index is 12.7. The summed E-state index contributed by atoms with van der Waals surface area (Å²) in [4.78, 5) is 12.7. The van der Waals surface area contributed by atoms with Crippen LogP contribution >= 0.6 is 0 Å². The number of allylic oxidation sites excluding steroid dienone is 8. The van der Waals surface area contributed by atoms with Crippen LogP contribution in [0.1, 0.15) is 142 Å². The van der Waals surface area contributed by atoms with Gasteiger partial charge in [0, 0.05) is 13.0 Å². The van der Waals surface area contributed by atoms with Crippen LogP contribution in [-0.2, 0) is 23.7 Å². The number of carbonyl (C=O) groups is 1. The summed E-state index contributed by atoms with van der Waals surface area (Å²) in [5.74, 6) is -0.336. The Kier molecular flexibility index (Phi) is 30.5. The Labute approximate surface area is 303 Å². The minimum Gasteiger partial charge on any atom is -0.457 e. The van der Waals surface area contributed by atoms with Crippen LogP contribution < -0.4 is 0 Å². The van der Waals surface area contributed by atoms with Crippen LogP contribution in [0, 0.1) is 0 Å². The highest BCUT2D eigenvalue weighted by molar-refractivity contribution is 5.69. The molecule has 1 aliphatic heterocycles. The van der Waals surface area contributed by atoms with Crippen molar-refractivity contribution in [1.29, 1.82) is 0 Å². The van der Waals surface area contributed by atoms with Crippen LogP contribution in [0.2, 0.25) is 0 Å². The molecule has 1 rings (SSSR count). The van der Waals surface area contributed by atoms with E-state index in [9.17, 15) is 25.2 Å². The largest absolute Gasteiger partial charge is 0.457 e. The van der Waals surface area contributed by atoms with Crippen molar-refractivity contribution in [3.05, 3.63) is 48.6 Å². The minimum atomic E-state index is -1.54. The number of aliphatic hydroxyl groups is 4. The fourth-order valence-corrected chi connectivity index (χ4v) is 5.60. The van der Waals surface area contributed by atoms with Crippen LogP contribution in [0.4, 0.5) is 0 Å². The van der Waals surface area contributed by atoms with Gasteiger partial charge in [0.1, 0.15) is 30.5 Å². The van der Waals surface area contributed by atoms with Gasteiger partial charge in [-0.05, 0) is 64.2 Å². The lowest BCUT2D eigenvalue weighted by Crippen LogP contribution is -2.59. The Morgan fingerprint density at radius 2 is 1.22 bits per heavy atom. The molecule has 290 valence electrons. The zero-order chi connectivity index (χ0) is 36.5. The molecule has 4 N–H and O–H groups in total. The molecule has 50 heavy (non-hydrogen) atoms. The molecule has 0 aromatic carbocycles. The Morgan fingerprint density at radius 1 is 0.660 bits per heavy atom. The molecular formula is C41H72O9. The Bertz CT molecular complexity index is 900. The van der Waals surface area contributed by atoms with Gasteiger partial charge in [0.15, 0.2) is 6.29 Å². The number of hydrogen-bond acceptors (Lipinski definition) is 9. The summed E-state index contributed by atoms with van der Waals surface area (Å²) >= 11 is 0. The van der Waals surface area contributed by atoms with Gasteiger partial charge < -0.3 is 39.4 Å². The standard InChI is InChI=1S/C41H72O9/c1-3-5-7-9-11-13-15-17-18-19-20-22-24-26-28-30-37(43)49-35(34-48-41-40(46)39(45)38(44)36(32-42)50-41)33-47-31-29-27-25-23-21-16-14-12-10-8-6-4-2/h5,7,10-13,17-18,35-36,38-42,44-46H,3-4,6,8-9,14-16,19-34H2,1-2H3/b7-5-,12-10-,13-11-,18-17-. The van der Waals surface area contributed by atoms with Crippen molar-refractivity contribution < 1.29 is 44.2 Å². The number of aliphatic hydroxyl groups excluding tert-OH is 4. The molecular weight excluding hydrogens is 636 g/mol. The number of ether oxygens (including phenoxy) is 4. The van der Waals surface area contributed by atoms with E-state index < -0.39 is 43.4 Å². The average molecular weight is 709 g/mol. The molecule has 0 bridgehead atoms. The van der Waals surface area contributed by atoms with Crippen molar-refractivity contribution in [2.24, 2.45) is 0 Å². The van der Waals surface area contributed by atoms with Gasteiger partial charge >= 0.3 is 5.97 Å². The fraction of sp³-hybridized carbons (Fsp3) is 0.780. The normalized spacial score (nSPS) is 22.1. The van der Waals surface area contributed by atoms with Crippen LogP contribution in [0.25, 0.3) is 0 Å². The minimum absolute atomic E-state index is 0.124. The Morgan fingerprint density at radius 3 is 1.86 bits per heavy atom. The molecule has 1 aliphatic rings. The third-order valence-corrected chi connectivity index (χ3v) is 8.73. The van der Waals surface area contributed by atoms with Crippen LogP contribution in [0.15, 0.2) is 48.6 Å². The summed E-state index contributed by atoms with van der Waals surface area (Å²) in [6.07, 6.45) is 31.3. The molecule has 6 unspecified atom stereocenters. The monoisotopic (exact) mass is 709 g/mol. The molecule has 0 aliphatic carbocycles. The van der Waals surface area contributed by atoms with Crippen LogP contribution in [0.5, 0.6) is 0 Å². The van der Waals surface area contributed by atoms with Crippen molar-refractivity contribution in [1.82, 2.24) is 0 Å². The van der Waals surface area contributed by atoms with Crippen LogP contribution in [0.3, 0.4) is 0 Å². The fourth-order valence-electron chi connectivity index (χ4n) is 5.60. The second kappa shape index (κ2) is 33.0. The second-order valence-corrected chi connectivity index (χ2v) is 13.3. The Balaban J connectivity index is 2.34. The maximum Gasteiger partial charge on any atom is 0.306 e. The van der Waals surface area contributed by atoms with Gasteiger partial charge in [0.05, 0.1) is 19.8 Å². The quantitative estimate of drug-likeness (QED) is 0.0314. The van der Waals surface area contributed by atoms with Gasteiger partial charge in [-0.1, -0.05) is 120 Å². The predicted octanol–water partition coefficient (Wildman–Crippen LogP) is 7.80. The maximum absolute atomic E-state index is 12.7. The number of carbonyl (C=O) groups excluding carboxylic acids is 1. The number of unbranched alkanes of at least 4 members (excludes halogenated alkanes) is 13. The molecule has 1 heterocycles. The summed E-state index contributed by atoms with van der Waals surface area (Å²) in [5, 5.41) is 40.0. The molecule has 1 fully saturated rings. The van der Waals surface area contributed by atoms with Crippen molar-refractivity contribution in [2.75, 3.05) is 26.4 Å². The molecule has 0 aromatic heterocycles. The first-order valence-electron chi connectivity index (χ1n) is 19.7. The Hall–Kier alpha value is -1.85. The lowest BCUT2D eigenvalue weighted by atomic mass is 9.99. The van der Waals surface area contributed by atoms with Gasteiger partial charge in [0.2, 0.25) is 0 Å². The summed E-state index contributed by atoms with van der Waals surface area (Å²) in [6.45, 7) is 4.35. The first-order chi connectivity index (χ1) is 24.4. The van der Waals surface area contributed by atoms with Gasteiger partial charge in [-0.25, -0.2) is 0 Å². The van der Waals surface area contributed by atoms with E-state index in [1.165, 1.54) is 38.5 Å². The van der Waals surface area contributed by atoms with E-state index in [2.05, 4.69) is 62.5 Å². The lowest BCUT2D eigenvalue weighted by Gasteiger charge is -2.39. The lowest BCUT2D eigenvalue weighted by molar-refractivity contribution is -0.305. The predicted molar refractivity (Wildman–Crippen MR) is 201 cm³/mol. The van der Waals surface area contributed by atoms with Gasteiger partial charge in [-0.2, -0.15) is 0 Å². The SMILES string of the molecule is CC/C=C\C/C=C\C/C=C\CCCCCCCC(=O)OC(COCCCCCCCC/C=C\CCCC)COC1OC(CO)C(O)C(O)C1O. The molecule has 0 aromatic rings. The van der Waals surface area contributed by atoms with E-state index in [4.69, 9.17) is 18.9 Å². The van der Waals surface area contributed by atoms with Gasteiger partial charge in [0.25, 0.3) is 0 Å². The molecule has 0 radical (unpaired) electrons. The van der Waals surface area contributed by atoms with E-state index in [0.717, 1.165) is 83.5 Å². The van der Waals surface area contributed by atoms with Crippen LogP contribution in [-0.4, -0.2) is 89.6 Å². The summed E-state index contributed by atoms with van der Waals surface area (Å²) in [7, 11) is 0. The van der Waals surface area contributed by atoms with Crippen molar-refractivity contribution in [2.45, 2.75) is 179 Å². The summed E-state index contributed by atoms with van der Waals surface area (Å²) < 4.78 is 22.7. The van der Waals surface area contributed by atoms with Gasteiger partial charge in [-0.15, -0.1) is 0 Å². The molecule has 9 heteroatoms. The molecule has 0 amide bonds. The van der Waals surface area contributed by atoms with E-state index in [1.807, 2.05) is 0 Å². The highest BCUT2D eigenvalue weighted by Gasteiger charge is 2.44. The third kappa shape index (κ3) is 24.4. The zero-order valence-electron chi connectivity index (χ0n) is 31.4. The smallest absolute Gasteiger partial charge is 0.306 e. The first kappa shape index (κ1) is 46.2.